The lowest BCUT2D eigenvalue weighted by Gasteiger charge is -2.28. The van der Waals surface area contributed by atoms with Crippen molar-refractivity contribution in [3.8, 4) is 22.3 Å². The third-order valence-corrected chi connectivity index (χ3v) is 9.65. The van der Waals surface area contributed by atoms with E-state index in [-0.39, 0.29) is 5.41 Å². The third kappa shape index (κ3) is 4.03. The van der Waals surface area contributed by atoms with E-state index in [2.05, 4.69) is 158 Å². The van der Waals surface area contributed by atoms with Gasteiger partial charge in [0.15, 0.2) is 0 Å². The van der Waals surface area contributed by atoms with Crippen molar-refractivity contribution in [3.63, 3.8) is 0 Å². The molecule has 0 bridgehead atoms. The van der Waals surface area contributed by atoms with Crippen molar-refractivity contribution in [2.45, 2.75) is 19.3 Å². The fourth-order valence-corrected chi connectivity index (χ4v) is 7.30. The van der Waals surface area contributed by atoms with Gasteiger partial charge in [-0.2, -0.15) is 0 Å². The van der Waals surface area contributed by atoms with Crippen molar-refractivity contribution in [1.29, 1.82) is 0 Å². The maximum Gasteiger partial charge on any atom is 0.137 e. The Hall–Kier alpha value is -5.60. The van der Waals surface area contributed by atoms with Crippen LogP contribution in [0.15, 0.2) is 156 Å². The van der Waals surface area contributed by atoms with Crippen LogP contribution in [0, 0.1) is 0 Å². The molecular formula is C43H31NO. The van der Waals surface area contributed by atoms with Crippen LogP contribution in [0.5, 0.6) is 0 Å². The minimum Gasteiger partial charge on any atom is -0.456 e. The second-order valence-electron chi connectivity index (χ2n) is 12.6. The Bertz CT molecular complexity index is 2410. The highest BCUT2D eigenvalue weighted by Crippen LogP contribution is 2.50. The Morgan fingerprint density at radius 3 is 1.98 bits per heavy atom. The SMILES string of the molecule is CC1(C)c2ccccc2-c2ccc(N(c3ccc(-c4ccc5ccccc5c4)cc3)c3ccc4c(c3)oc3ccccc34)cc21. The number of para-hydroxylation sites is 1. The zero-order valence-corrected chi connectivity index (χ0v) is 25.3. The molecule has 9 rings (SSSR count). The van der Waals surface area contributed by atoms with Gasteiger partial charge in [0.1, 0.15) is 11.2 Å². The third-order valence-electron chi connectivity index (χ3n) is 9.65. The fraction of sp³-hybridized carbons (Fsp3) is 0.0698. The predicted molar refractivity (Wildman–Crippen MR) is 189 cm³/mol. The van der Waals surface area contributed by atoms with E-state index in [4.69, 9.17) is 4.42 Å². The summed E-state index contributed by atoms with van der Waals surface area (Å²) in [5.74, 6) is 0. The summed E-state index contributed by atoms with van der Waals surface area (Å²) in [4.78, 5) is 2.36. The molecule has 0 fully saturated rings. The van der Waals surface area contributed by atoms with Crippen LogP contribution in [0.4, 0.5) is 17.1 Å². The number of furan rings is 1. The van der Waals surface area contributed by atoms with E-state index >= 15 is 0 Å². The number of fused-ring (bicyclic) bond motifs is 7. The molecule has 0 N–H and O–H groups in total. The van der Waals surface area contributed by atoms with E-state index in [9.17, 15) is 0 Å². The number of rotatable bonds is 4. The van der Waals surface area contributed by atoms with Crippen molar-refractivity contribution in [2.75, 3.05) is 4.90 Å². The van der Waals surface area contributed by atoms with Crippen LogP contribution in [-0.2, 0) is 5.41 Å². The molecule has 0 spiro atoms. The highest BCUT2D eigenvalue weighted by molar-refractivity contribution is 6.06. The summed E-state index contributed by atoms with van der Waals surface area (Å²) >= 11 is 0. The van der Waals surface area contributed by atoms with Crippen LogP contribution in [0.25, 0.3) is 55.0 Å². The predicted octanol–water partition coefficient (Wildman–Crippen LogP) is 12.2. The van der Waals surface area contributed by atoms with Crippen LogP contribution >= 0.6 is 0 Å². The fourth-order valence-electron chi connectivity index (χ4n) is 7.30. The first-order valence-corrected chi connectivity index (χ1v) is 15.6. The van der Waals surface area contributed by atoms with E-state index < -0.39 is 0 Å². The Labute approximate surface area is 262 Å². The molecule has 7 aromatic carbocycles. The molecule has 0 atom stereocenters. The molecule has 45 heavy (non-hydrogen) atoms. The van der Waals surface area contributed by atoms with Crippen molar-refractivity contribution in [2.24, 2.45) is 0 Å². The Kier molecular flexibility index (Phi) is 5.58. The van der Waals surface area contributed by atoms with Gasteiger partial charge in [0.2, 0.25) is 0 Å². The number of anilines is 3. The summed E-state index contributed by atoms with van der Waals surface area (Å²) in [5.41, 5.74) is 12.8. The first kappa shape index (κ1) is 25.9. The van der Waals surface area contributed by atoms with Crippen LogP contribution in [0.2, 0.25) is 0 Å². The van der Waals surface area contributed by atoms with Crippen molar-refractivity contribution in [3.05, 3.63) is 163 Å². The first-order chi connectivity index (χ1) is 22.0. The van der Waals surface area contributed by atoms with Gasteiger partial charge in [-0.3, -0.25) is 0 Å². The average Bonchev–Trinajstić information content (AvgIpc) is 3.56. The minimum atomic E-state index is -0.0871. The van der Waals surface area contributed by atoms with Gasteiger partial charge in [-0.15, -0.1) is 0 Å². The zero-order valence-electron chi connectivity index (χ0n) is 25.3. The van der Waals surface area contributed by atoms with Gasteiger partial charge in [0, 0.05) is 39.3 Å². The van der Waals surface area contributed by atoms with Gasteiger partial charge in [0.05, 0.1) is 0 Å². The topological polar surface area (TPSA) is 16.4 Å². The summed E-state index contributed by atoms with van der Waals surface area (Å²) < 4.78 is 6.35. The molecular weight excluding hydrogens is 546 g/mol. The maximum absolute atomic E-state index is 6.35. The van der Waals surface area contributed by atoms with Crippen molar-refractivity contribution < 1.29 is 4.42 Å². The number of hydrogen-bond donors (Lipinski definition) is 0. The lowest BCUT2D eigenvalue weighted by atomic mass is 9.82. The number of nitrogens with zero attached hydrogens (tertiary/aromatic N) is 1. The van der Waals surface area contributed by atoms with Gasteiger partial charge in [-0.1, -0.05) is 111 Å². The molecule has 2 nitrogen and oxygen atoms in total. The van der Waals surface area contributed by atoms with E-state index in [0.29, 0.717) is 0 Å². The molecule has 1 aliphatic rings. The highest BCUT2D eigenvalue weighted by atomic mass is 16.3. The average molecular weight is 578 g/mol. The van der Waals surface area contributed by atoms with Crippen LogP contribution < -0.4 is 4.90 Å². The van der Waals surface area contributed by atoms with Crippen LogP contribution in [0.3, 0.4) is 0 Å². The van der Waals surface area contributed by atoms with E-state index in [1.807, 2.05) is 12.1 Å². The largest absolute Gasteiger partial charge is 0.456 e. The zero-order chi connectivity index (χ0) is 30.1. The molecule has 0 saturated heterocycles. The Balaban J connectivity index is 1.19. The van der Waals surface area contributed by atoms with Gasteiger partial charge < -0.3 is 9.32 Å². The molecule has 1 aromatic heterocycles. The lowest BCUT2D eigenvalue weighted by molar-refractivity contribution is 0.660. The molecule has 214 valence electrons. The second-order valence-corrected chi connectivity index (χ2v) is 12.6. The van der Waals surface area contributed by atoms with E-state index in [0.717, 1.165) is 39.0 Å². The molecule has 0 saturated carbocycles. The van der Waals surface area contributed by atoms with Gasteiger partial charge in [0.25, 0.3) is 0 Å². The lowest BCUT2D eigenvalue weighted by Crippen LogP contribution is -2.16. The van der Waals surface area contributed by atoms with Gasteiger partial charge >= 0.3 is 0 Å². The Morgan fingerprint density at radius 2 is 1.09 bits per heavy atom. The normalized spacial score (nSPS) is 13.3. The summed E-state index contributed by atoms with van der Waals surface area (Å²) in [5, 5.41) is 4.78. The Morgan fingerprint density at radius 1 is 0.444 bits per heavy atom. The van der Waals surface area contributed by atoms with E-state index in [1.165, 1.54) is 44.2 Å². The maximum atomic E-state index is 6.35. The summed E-state index contributed by atoms with van der Waals surface area (Å²) in [7, 11) is 0. The molecule has 8 aromatic rings. The van der Waals surface area contributed by atoms with Gasteiger partial charge in [-0.25, -0.2) is 0 Å². The van der Waals surface area contributed by atoms with Crippen LogP contribution in [-0.4, -0.2) is 0 Å². The van der Waals surface area contributed by atoms with Gasteiger partial charge in [-0.05, 0) is 92.7 Å². The van der Waals surface area contributed by atoms with Crippen molar-refractivity contribution >= 4 is 49.8 Å². The number of benzene rings is 7. The molecule has 0 unspecified atom stereocenters. The molecule has 0 radical (unpaired) electrons. The summed E-state index contributed by atoms with van der Waals surface area (Å²) in [6, 6.07) is 54.8. The monoisotopic (exact) mass is 577 g/mol. The summed E-state index contributed by atoms with van der Waals surface area (Å²) in [6.45, 7) is 4.68. The molecule has 1 aliphatic carbocycles. The smallest absolute Gasteiger partial charge is 0.137 e. The molecule has 2 heteroatoms. The summed E-state index contributed by atoms with van der Waals surface area (Å²) in [6.07, 6.45) is 0. The quantitative estimate of drug-likeness (QED) is 0.207. The molecule has 1 heterocycles. The molecule has 0 aliphatic heterocycles. The van der Waals surface area contributed by atoms with Crippen LogP contribution in [0.1, 0.15) is 25.0 Å². The van der Waals surface area contributed by atoms with Crippen molar-refractivity contribution in [1.82, 2.24) is 0 Å². The standard InChI is InChI=1S/C43H31NO/c1-43(2)39-13-7-5-11-35(39)36-23-21-33(26-40(36)43)44(34-22-24-38-37-12-6-8-14-41(37)45-42(38)27-34)32-19-17-29(18-20-32)31-16-15-28-9-3-4-10-30(28)25-31/h3-27H,1-2H3. The first-order valence-electron chi connectivity index (χ1n) is 15.6. The highest BCUT2D eigenvalue weighted by Gasteiger charge is 2.35. The minimum absolute atomic E-state index is 0.0871. The second kappa shape index (κ2) is 9.70. The number of hydrogen-bond acceptors (Lipinski definition) is 2. The molecule has 0 amide bonds. The van der Waals surface area contributed by atoms with E-state index in [1.54, 1.807) is 0 Å².